The van der Waals surface area contributed by atoms with Gasteiger partial charge in [-0.3, -0.25) is 0 Å². The van der Waals surface area contributed by atoms with E-state index in [4.69, 9.17) is 4.98 Å². The minimum atomic E-state index is -0.247. The number of hydrogen-bond acceptors (Lipinski definition) is 1. The van der Waals surface area contributed by atoms with Crippen molar-refractivity contribution in [2.24, 2.45) is 0 Å². The van der Waals surface area contributed by atoms with Gasteiger partial charge in [0.1, 0.15) is 11.6 Å². The fourth-order valence-corrected chi connectivity index (χ4v) is 2.97. The fourth-order valence-electron chi connectivity index (χ4n) is 2.97. The van der Waals surface area contributed by atoms with Crippen LogP contribution in [0.5, 0.6) is 0 Å². The Morgan fingerprint density at radius 2 is 1.44 bits per heavy atom. The summed E-state index contributed by atoms with van der Waals surface area (Å²) in [5.41, 5.74) is 5.91. The predicted octanol–water partition coefficient (Wildman–Crippen LogP) is 5.86. The first kappa shape index (κ1) is 15.3. The lowest BCUT2D eigenvalue weighted by molar-refractivity contribution is 0.628. The summed E-state index contributed by atoms with van der Waals surface area (Å²) in [6, 6.07) is 24.7. The Morgan fingerprint density at radius 1 is 0.760 bits per heavy atom. The molecule has 0 bridgehead atoms. The van der Waals surface area contributed by atoms with Crippen LogP contribution in [0.4, 0.5) is 4.39 Å². The summed E-state index contributed by atoms with van der Waals surface area (Å²) in [4.78, 5) is 8.30. The molecule has 4 rings (SSSR count). The monoisotopic (exact) mass is 328 g/mol. The highest BCUT2D eigenvalue weighted by Gasteiger charge is 2.16. The van der Waals surface area contributed by atoms with E-state index >= 15 is 0 Å². The van der Waals surface area contributed by atoms with E-state index < -0.39 is 0 Å². The molecule has 122 valence electrons. The predicted molar refractivity (Wildman–Crippen MR) is 99.6 cm³/mol. The van der Waals surface area contributed by atoms with Crippen LogP contribution in [0.1, 0.15) is 5.56 Å². The van der Waals surface area contributed by atoms with Gasteiger partial charge in [-0.2, -0.15) is 0 Å². The summed E-state index contributed by atoms with van der Waals surface area (Å²) in [6.45, 7) is 2.07. The lowest BCUT2D eigenvalue weighted by Gasteiger charge is -2.03. The van der Waals surface area contributed by atoms with Crippen molar-refractivity contribution in [3.63, 3.8) is 0 Å². The third-order valence-corrected chi connectivity index (χ3v) is 4.28. The van der Waals surface area contributed by atoms with E-state index in [1.807, 2.05) is 42.5 Å². The molecule has 0 atom stereocenters. The summed E-state index contributed by atoms with van der Waals surface area (Å²) in [7, 11) is 0. The molecular weight excluding hydrogens is 311 g/mol. The molecule has 25 heavy (non-hydrogen) atoms. The number of aromatic nitrogens is 2. The highest BCUT2D eigenvalue weighted by molar-refractivity contribution is 5.81. The van der Waals surface area contributed by atoms with Gasteiger partial charge in [-0.1, -0.05) is 54.6 Å². The van der Waals surface area contributed by atoms with Crippen molar-refractivity contribution in [3.8, 4) is 33.9 Å². The second-order valence-electron chi connectivity index (χ2n) is 6.00. The molecular formula is C22H17FN2. The van der Waals surface area contributed by atoms with Crippen LogP contribution in [0, 0.1) is 12.7 Å². The van der Waals surface area contributed by atoms with E-state index in [9.17, 15) is 4.39 Å². The topological polar surface area (TPSA) is 28.7 Å². The molecule has 1 N–H and O–H groups in total. The van der Waals surface area contributed by atoms with E-state index in [0.29, 0.717) is 0 Å². The van der Waals surface area contributed by atoms with Crippen molar-refractivity contribution in [1.29, 1.82) is 0 Å². The zero-order valence-electron chi connectivity index (χ0n) is 13.8. The van der Waals surface area contributed by atoms with Crippen molar-refractivity contribution in [3.05, 3.63) is 90.2 Å². The van der Waals surface area contributed by atoms with Gasteiger partial charge in [-0.25, -0.2) is 9.37 Å². The minimum absolute atomic E-state index is 0.247. The van der Waals surface area contributed by atoms with Crippen LogP contribution in [0.2, 0.25) is 0 Å². The lowest BCUT2D eigenvalue weighted by Crippen LogP contribution is -1.85. The van der Waals surface area contributed by atoms with Gasteiger partial charge < -0.3 is 4.98 Å². The van der Waals surface area contributed by atoms with E-state index in [1.54, 1.807) is 12.1 Å². The lowest BCUT2D eigenvalue weighted by atomic mass is 10.1. The van der Waals surface area contributed by atoms with Crippen LogP contribution >= 0.6 is 0 Å². The second-order valence-corrected chi connectivity index (χ2v) is 6.00. The summed E-state index contributed by atoms with van der Waals surface area (Å²) < 4.78 is 13.3. The van der Waals surface area contributed by atoms with Crippen molar-refractivity contribution in [2.75, 3.05) is 0 Å². The summed E-state index contributed by atoms with van der Waals surface area (Å²) >= 11 is 0. The maximum atomic E-state index is 13.3. The number of aromatic amines is 1. The molecule has 3 aromatic carbocycles. The van der Waals surface area contributed by atoms with Gasteiger partial charge in [-0.15, -0.1) is 0 Å². The molecule has 4 aromatic rings. The van der Waals surface area contributed by atoms with Crippen molar-refractivity contribution in [1.82, 2.24) is 9.97 Å². The number of nitrogens with one attached hydrogen (secondary N) is 1. The maximum absolute atomic E-state index is 13.3. The largest absolute Gasteiger partial charge is 0.337 e. The van der Waals surface area contributed by atoms with Gasteiger partial charge in [0.25, 0.3) is 0 Å². The highest BCUT2D eigenvalue weighted by Crippen LogP contribution is 2.33. The van der Waals surface area contributed by atoms with Gasteiger partial charge >= 0.3 is 0 Å². The number of halogens is 1. The van der Waals surface area contributed by atoms with Crippen LogP contribution in [0.25, 0.3) is 33.9 Å². The van der Waals surface area contributed by atoms with E-state index in [0.717, 1.165) is 39.5 Å². The number of benzene rings is 3. The zero-order chi connectivity index (χ0) is 17.2. The number of hydrogen-bond donors (Lipinski definition) is 1. The average Bonchev–Trinajstić information content (AvgIpc) is 3.08. The van der Waals surface area contributed by atoms with Crippen molar-refractivity contribution in [2.45, 2.75) is 6.92 Å². The molecule has 0 spiro atoms. The Kier molecular flexibility index (Phi) is 3.90. The molecule has 0 aliphatic rings. The zero-order valence-corrected chi connectivity index (χ0v) is 13.8. The van der Waals surface area contributed by atoms with E-state index in [1.165, 1.54) is 12.1 Å². The van der Waals surface area contributed by atoms with Crippen LogP contribution < -0.4 is 0 Å². The summed E-state index contributed by atoms with van der Waals surface area (Å²) in [5, 5.41) is 0. The summed E-state index contributed by atoms with van der Waals surface area (Å²) in [6.07, 6.45) is 0. The quantitative estimate of drug-likeness (QED) is 0.501. The van der Waals surface area contributed by atoms with E-state index in [2.05, 4.69) is 24.0 Å². The normalized spacial score (nSPS) is 10.8. The molecule has 1 heterocycles. The molecule has 0 aliphatic carbocycles. The van der Waals surface area contributed by atoms with Crippen LogP contribution in [-0.2, 0) is 0 Å². The number of rotatable bonds is 3. The van der Waals surface area contributed by atoms with Crippen LogP contribution in [0.15, 0.2) is 78.9 Å². The van der Waals surface area contributed by atoms with Gasteiger partial charge in [0, 0.05) is 16.7 Å². The highest BCUT2D eigenvalue weighted by atomic mass is 19.1. The van der Waals surface area contributed by atoms with E-state index in [-0.39, 0.29) is 5.82 Å². The smallest absolute Gasteiger partial charge is 0.138 e. The molecule has 0 saturated carbocycles. The van der Waals surface area contributed by atoms with Gasteiger partial charge in [-0.05, 0) is 36.8 Å². The first-order chi connectivity index (χ1) is 12.2. The number of imidazole rings is 1. The molecule has 0 aliphatic heterocycles. The third kappa shape index (κ3) is 2.96. The molecule has 0 unspecified atom stereocenters. The first-order valence-electron chi connectivity index (χ1n) is 8.20. The number of aryl methyl sites for hydroxylation is 1. The minimum Gasteiger partial charge on any atom is -0.337 e. The van der Waals surface area contributed by atoms with Crippen LogP contribution in [-0.4, -0.2) is 9.97 Å². The Morgan fingerprint density at radius 3 is 2.16 bits per heavy atom. The SMILES string of the molecule is Cc1ccccc1-c1nc(-c2ccccc2)c(-c2ccc(F)cc2)[nH]1. The van der Waals surface area contributed by atoms with Crippen LogP contribution in [0.3, 0.4) is 0 Å². The van der Waals surface area contributed by atoms with Crippen molar-refractivity contribution >= 4 is 0 Å². The fraction of sp³-hybridized carbons (Fsp3) is 0.0455. The Balaban J connectivity index is 1.92. The molecule has 0 amide bonds. The number of H-pyrrole nitrogens is 1. The van der Waals surface area contributed by atoms with Gasteiger partial charge in [0.05, 0.1) is 11.4 Å². The average molecular weight is 328 g/mol. The molecule has 1 aromatic heterocycles. The second kappa shape index (κ2) is 6.36. The van der Waals surface area contributed by atoms with Gasteiger partial charge in [0.15, 0.2) is 0 Å². The Hall–Kier alpha value is -3.20. The standard InChI is InChI=1S/C22H17FN2/c1-15-7-5-6-10-19(15)22-24-20(16-8-3-2-4-9-16)21(25-22)17-11-13-18(23)14-12-17/h2-14H,1H3,(H,24,25). The molecule has 2 nitrogen and oxygen atoms in total. The Labute approximate surface area is 146 Å². The molecule has 0 radical (unpaired) electrons. The number of nitrogens with zero attached hydrogens (tertiary/aromatic N) is 1. The van der Waals surface area contributed by atoms with Gasteiger partial charge in [0.2, 0.25) is 0 Å². The van der Waals surface area contributed by atoms with Crippen molar-refractivity contribution < 1.29 is 4.39 Å². The molecule has 0 saturated heterocycles. The molecule has 3 heteroatoms. The maximum Gasteiger partial charge on any atom is 0.138 e. The molecule has 0 fully saturated rings. The summed E-state index contributed by atoms with van der Waals surface area (Å²) in [5.74, 6) is 0.569. The Bertz CT molecular complexity index is 1000. The first-order valence-corrected chi connectivity index (χ1v) is 8.20. The third-order valence-electron chi connectivity index (χ3n) is 4.28.